The standard InChI is InChI=1S/C17H23ClN4OS/c1-4-10-21-16(14-6-8-15(18)9-7-14)19-22(17(21)24)13-20(2)11-5-12-23-3/h4,6-9H,1,5,10-13H2,2-3H3. The van der Waals surface area contributed by atoms with Gasteiger partial charge in [-0.05, 0) is 50.0 Å². The highest BCUT2D eigenvalue weighted by Crippen LogP contribution is 2.21. The van der Waals surface area contributed by atoms with Gasteiger partial charge in [-0.15, -0.1) is 6.58 Å². The Balaban J connectivity index is 2.27. The topological polar surface area (TPSA) is 35.2 Å². The van der Waals surface area contributed by atoms with E-state index in [1.807, 2.05) is 46.6 Å². The molecule has 2 rings (SSSR count). The van der Waals surface area contributed by atoms with Crippen LogP contribution >= 0.6 is 23.8 Å². The average Bonchev–Trinajstić information content (AvgIpc) is 2.86. The molecule has 2 aromatic rings. The lowest BCUT2D eigenvalue weighted by molar-refractivity contribution is 0.168. The zero-order chi connectivity index (χ0) is 17.5. The summed E-state index contributed by atoms with van der Waals surface area (Å²) < 4.78 is 9.60. The van der Waals surface area contributed by atoms with Gasteiger partial charge >= 0.3 is 0 Å². The zero-order valence-electron chi connectivity index (χ0n) is 14.1. The van der Waals surface area contributed by atoms with Crippen LogP contribution in [0.3, 0.4) is 0 Å². The molecule has 0 atom stereocenters. The van der Waals surface area contributed by atoms with E-state index >= 15 is 0 Å². The smallest absolute Gasteiger partial charge is 0.199 e. The van der Waals surface area contributed by atoms with E-state index in [1.165, 1.54) is 0 Å². The van der Waals surface area contributed by atoms with Gasteiger partial charge in [0.2, 0.25) is 0 Å². The first-order valence-corrected chi connectivity index (χ1v) is 8.57. The highest BCUT2D eigenvalue weighted by molar-refractivity contribution is 7.71. The Hall–Kier alpha value is -1.47. The average molecular weight is 367 g/mol. The van der Waals surface area contributed by atoms with Crippen LogP contribution in [-0.4, -0.2) is 46.6 Å². The van der Waals surface area contributed by atoms with E-state index < -0.39 is 0 Å². The van der Waals surface area contributed by atoms with Crippen LogP contribution < -0.4 is 0 Å². The summed E-state index contributed by atoms with van der Waals surface area (Å²) in [5.41, 5.74) is 0.980. The van der Waals surface area contributed by atoms with E-state index in [9.17, 15) is 0 Å². The van der Waals surface area contributed by atoms with Gasteiger partial charge < -0.3 is 4.74 Å². The fourth-order valence-corrected chi connectivity index (χ4v) is 2.80. The first kappa shape index (κ1) is 18.9. The maximum absolute atomic E-state index is 5.98. The van der Waals surface area contributed by atoms with Crippen LogP contribution in [0.5, 0.6) is 0 Å². The molecule has 0 unspecified atom stereocenters. The van der Waals surface area contributed by atoms with Crippen molar-refractivity contribution in [2.24, 2.45) is 0 Å². The summed E-state index contributed by atoms with van der Waals surface area (Å²) in [7, 11) is 3.76. The Morgan fingerprint density at radius 2 is 2.08 bits per heavy atom. The molecule has 0 fully saturated rings. The van der Waals surface area contributed by atoms with Crippen molar-refractivity contribution in [3.05, 3.63) is 46.7 Å². The first-order chi connectivity index (χ1) is 11.6. The summed E-state index contributed by atoms with van der Waals surface area (Å²) >= 11 is 11.6. The van der Waals surface area contributed by atoms with Gasteiger partial charge in [-0.25, -0.2) is 4.68 Å². The molecular weight excluding hydrogens is 344 g/mol. The van der Waals surface area contributed by atoms with E-state index in [0.29, 0.717) is 23.0 Å². The van der Waals surface area contributed by atoms with Crippen LogP contribution in [-0.2, 0) is 18.0 Å². The quantitative estimate of drug-likeness (QED) is 0.383. The minimum absolute atomic E-state index is 0.615. The minimum Gasteiger partial charge on any atom is -0.385 e. The van der Waals surface area contributed by atoms with Crippen molar-refractivity contribution in [1.82, 2.24) is 19.2 Å². The molecule has 0 aliphatic carbocycles. The van der Waals surface area contributed by atoms with Crippen LogP contribution in [0.1, 0.15) is 6.42 Å². The number of nitrogens with zero attached hydrogens (tertiary/aromatic N) is 4. The molecule has 7 heteroatoms. The van der Waals surface area contributed by atoms with Crippen LogP contribution in [0, 0.1) is 4.77 Å². The van der Waals surface area contributed by atoms with Crippen molar-refractivity contribution >= 4 is 23.8 Å². The molecule has 0 saturated heterocycles. The van der Waals surface area contributed by atoms with E-state index in [1.54, 1.807) is 7.11 Å². The first-order valence-electron chi connectivity index (χ1n) is 7.78. The number of halogens is 1. The number of allylic oxidation sites excluding steroid dienone is 1. The molecule has 0 bridgehead atoms. The van der Waals surface area contributed by atoms with Crippen LogP contribution in [0.15, 0.2) is 36.9 Å². The SMILES string of the molecule is C=CCn1c(-c2ccc(Cl)cc2)nn(CN(C)CCCOC)c1=S. The molecule has 1 aromatic heterocycles. The van der Waals surface area contributed by atoms with Crippen molar-refractivity contribution in [3.63, 3.8) is 0 Å². The number of benzene rings is 1. The Bertz CT molecular complexity index is 723. The molecule has 1 heterocycles. The Kier molecular flexibility index (Phi) is 7.17. The molecule has 0 spiro atoms. The lowest BCUT2D eigenvalue weighted by Gasteiger charge is -2.15. The van der Waals surface area contributed by atoms with Gasteiger partial charge in [0.05, 0.1) is 6.67 Å². The maximum Gasteiger partial charge on any atom is 0.199 e. The van der Waals surface area contributed by atoms with Crippen molar-refractivity contribution in [3.8, 4) is 11.4 Å². The highest BCUT2D eigenvalue weighted by atomic mass is 35.5. The fourth-order valence-electron chi connectivity index (χ4n) is 2.42. The minimum atomic E-state index is 0.615. The van der Waals surface area contributed by atoms with Crippen LogP contribution in [0.4, 0.5) is 0 Å². The number of rotatable bonds is 9. The zero-order valence-corrected chi connectivity index (χ0v) is 15.7. The number of aromatic nitrogens is 3. The lowest BCUT2D eigenvalue weighted by Crippen LogP contribution is -2.24. The summed E-state index contributed by atoms with van der Waals surface area (Å²) in [6, 6.07) is 7.61. The molecule has 0 amide bonds. The molecule has 5 nitrogen and oxygen atoms in total. The van der Waals surface area contributed by atoms with Crippen molar-refractivity contribution in [1.29, 1.82) is 0 Å². The summed E-state index contributed by atoms with van der Waals surface area (Å²) in [6.07, 6.45) is 2.79. The third kappa shape index (κ3) is 4.77. The normalized spacial score (nSPS) is 11.2. The Morgan fingerprint density at radius 1 is 1.38 bits per heavy atom. The summed E-state index contributed by atoms with van der Waals surface area (Å²) in [5, 5.41) is 5.41. The second kappa shape index (κ2) is 9.13. The van der Waals surface area contributed by atoms with Gasteiger partial charge in [0.1, 0.15) is 0 Å². The summed E-state index contributed by atoms with van der Waals surface area (Å²) in [6.45, 7) is 6.73. The second-order valence-corrected chi connectivity index (χ2v) is 6.38. The van der Waals surface area contributed by atoms with Gasteiger partial charge in [-0.2, -0.15) is 5.10 Å². The monoisotopic (exact) mass is 366 g/mol. The van der Waals surface area contributed by atoms with Gasteiger partial charge in [0.25, 0.3) is 0 Å². The van der Waals surface area contributed by atoms with Gasteiger partial charge in [0.15, 0.2) is 10.6 Å². The van der Waals surface area contributed by atoms with Crippen LogP contribution in [0.25, 0.3) is 11.4 Å². The van der Waals surface area contributed by atoms with Gasteiger partial charge in [-0.3, -0.25) is 9.47 Å². The third-order valence-electron chi connectivity index (χ3n) is 3.60. The van der Waals surface area contributed by atoms with E-state index in [2.05, 4.69) is 11.5 Å². The maximum atomic E-state index is 5.98. The van der Waals surface area contributed by atoms with Crippen molar-refractivity contribution in [2.75, 3.05) is 27.3 Å². The molecule has 130 valence electrons. The number of methoxy groups -OCH3 is 1. The predicted molar refractivity (Wildman–Crippen MR) is 101 cm³/mol. The number of hydrogen-bond acceptors (Lipinski definition) is 4. The van der Waals surface area contributed by atoms with Crippen molar-refractivity contribution < 1.29 is 4.74 Å². The fraction of sp³-hybridized carbons (Fsp3) is 0.412. The second-order valence-electron chi connectivity index (χ2n) is 5.58. The molecule has 24 heavy (non-hydrogen) atoms. The predicted octanol–water partition coefficient (Wildman–Crippen LogP) is 3.85. The molecule has 0 aliphatic heterocycles. The van der Waals surface area contributed by atoms with E-state index in [4.69, 9.17) is 33.7 Å². The molecule has 0 radical (unpaired) electrons. The number of ether oxygens (including phenoxy) is 1. The van der Waals surface area contributed by atoms with E-state index in [0.717, 1.165) is 31.0 Å². The molecule has 0 saturated carbocycles. The highest BCUT2D eigenvalue weighted by Gasteiger charge is 2.13. The largest absolute Gasteiger partial charge is 0.385 e. The molecule has 0 N–H and O–H groups in total. The molecule has 1 aromatic carbocycles. The van der Waals surface area contributed by atoms with E-state index in [-0.39, 0.29) is 0 Å². The van der Waals surface area contributed by atoms with Gasteiger partial charge in [-0.1, -0.05) is 17.7 Å². The van der Waals surface area contributed by atoms with Crippen molar-refractivity contribution in [2.45, 2.75) is 19.6 Å². The van der Waals surface area contributed by atoms with Gasteiger partial charge in [0, 0.05) is 37.4 Å². The summed E-state index contributed by atoms with van der Waals surface area (Å²) in [4.78, 5) is 2.17. The lowest BCUT2D eigenvalue weighted by atomic mass is 10.2. The Labute approximate surface area is 153 Å². The Morgan fingerprint density at radius 3 is 2.71 bits per heavy atom. The summed E-state index contributed by atoms with van der Waals surface area (Å²) in [5.74, 6) is 0.821. The molecular formula is C17H23ClN4OS. The van der Waals surface area contributed by atoms with Crippen LogP contribution in [0.2, 0.25) is 5.02 Å². The third-order valence-corrected chi connectivity index (χ3v) is 4.28. The molecule has 0 aliphatic rings. The number of hydrogen-bond donors (Lipinski definition) is 0.